The van der Waals surface area contributed by atoms with Crippen molar-refractivity contribution in [3.63, 3.8) is 0 Å². The Labute approximate surface area is 184 Å². The quantitative estimate of drug-likeness (QED) is 0.614. The molecule has 0 bridgehead atoms. The van der Waals surface area contributed by atoms with E-state index in [-0.39, 0.29) is 29.4 Å². The molecule has 0 aliphatic carbocycles. The van der Waals surface area contributed by atoms with E-state index in [2.05, 4.69) is 10.6 Å². The number of amides is 3. The van der Waals surface area contributed by atoms with Gasteiger partial charge in [-0.25, -0.2) is 0 Å². The highest BCUT2D eigenvalue weighted by Gasteiger charge is 2.29. The molecule has 1 fully saturated rings. The Morgan fingerprint density at radius 3 is 2.81 bits per heavy atom. The van der Waals surface area contributed by atoms with E-state index in [1.54, 1.807) is 23.1 Å². The van der Waals surface area contributed by atoms with E-state index in [4.69, 9.17) is 4.42 Å². The first-order chi connectivity index (χ1) is 15.1. The number of anilines is 1. The second-order valence-electron chi connectivity index (χ2n) is 7.42. The zero-order valence-corrected chi connectivity index (χ0v) is 17.7. The molecule has 160 valence electrons. The Balaban J connectivity index is 1.31. The molecule has 1 unspecified atom stereocenters. The van der Waals surface area contributed by atoms with E-state index in [0.717, 1.165) is 18.4 Å². The van der Waals surface area contributed by atoms with Crippen molar-refractivity contribution < 1.29 is 18.8 Å². The lowest BCUT2D eigenvalue weighted by atomic mass is 9.97. The lowest BCUT2D eigenvalue weighted by Crippen LogP contribution is -2.45. The van der Waals surface area contributed by atoms with Crippen LogP contribution < -0.4 is 10.6 Å². The number of hydrogen-bond donors (Lipinski definition) is 2. The van der Waals surface area contributed by atoms with Crippen LogP contribution in [0.4, 0.5) is 5.69 Å². The summed E-state index contributed by atoms with van der Waals surface area (Å²) in [4.78, 5) is 39.9. The second-order valence-corrected chi connectivity index (χ2v) is 8.36. The summed E-state index contributed by atoms with van der Waals surface area (Å²) in [7, 11) is 0. The Morgan fingerprint density at radius 2 is 2.03 bits per heavy atom. The van der Waals surface area contributed by atoms with Crippen molar-refractivity contribution in [3.05, 3.63) is 76.4 Å². The van der Waals surface area contributed by atoms with E-state index in [0.29, 0.717) is 30.2 Å². The fourth-order valence-electron chi connectivity index (χ4n) is 3.62. The molecule has 1 aromatic carbocycles. The van der Waals surface area contributed by atoms with Crippen LogP contribution in [0.1, 0.15) is 38.6 Å². The first-order valence-corrected chi connectivity index (χ1v) is 11.0. The second kappa shape index (κ2) is 9.61. The van der Waals surface area contributed by atoms with Gasteiger partial charge in [0, 0.05) is 25.3 Å². The third-order valence-electron chi connectivity index (χ3n) is 5.21. The molecular formula is C23H23N3O4S. The first-order valence-electron chi connectivity index (χ1n) is 10.1. The van der Waals surface area contributed by atoms with Gasteiger partial charge in [0.1, 0.15) is 0 Å². The Bertz CT molecular complexity index is 1050. The third kappa shape index (κ3) is 5.21. The number of benzene rings is 1. The summed E-state index contributed by atoms with van der Waals surface area (Å²) in [6.07, 6.45) is 3.02. The van der Waals surface area contributed by atoms with Crippen LogP contribution in [-0.2, 0) is 11.3 Å². The highest BCUT2D eigenvalue weighted by atomic mass is 32.1. The highest BCUT2D eigenvalue weighted by molar-refractivity contribution is 7.12. The van der Waals surface area contributed by atoms with Crippen LogP contribution >= 0.6 is 11.3 Å². The van der Waals surface area contributed by atoms with Gasteiger partial charge in [-0.15, -0.1) is 11.3 Å². The van der Waals surface area contributed by atoms with Gasteiger partial charge in [-0.1, -0.05) is 18.2 Å². The maximum Gasteiger partial charge on any atom is 0.291 e. The molecular weight excluding hydrogens is 414 g/mol. The lowest BCUT2D eigenvalue weighted by molar-refractivity contribution is -0.126. The molecule has 7 nitrogen and oxygen atoms in total. The van der Waals surface area contributed by atoms with Gasteiger partial charge in [0.15, 0.2) is 5.76 Å². The van der Waals surface area contributed by atoms with Crippen molar-refractivity contribution in [1.29, 1.82) is 0 Å². The summed E-state index contributed by atoms with van der Waals surface area (Å²) in [5.74, 6) is -0.387. The minimum atomic E-state index is -0.330. The Morgan fingerprint density at radius 1 is 1.13 bits per heavy atom. The molecule has 2 aromatic heterocycles. The smallest absolute Gasteiger partial charge is 0.291 e. The Hall–Kier alpha value is -3.39. The highest BCUT2D eigenvalue weighted by Crippen LogP contribution is 2.21. The molecule has 0 spiro atoms. The van der Waals surface area contributed by atoms with Gasteiger partial charge < -0.3 is 20.0 Å². The van der Waals surface area contributed by atoms with Crippen LogP contribution in [0.5, 0.6) is 0 Å². The molecule has 1 atom stereocenters. The predicted octanol–water partition coefficient (Wildman–Crippen LogP) is 3.76. The number of carbonyl (C=O) groups excluding carboxylic acids is 3. The van der Waals surface area contributed by atoms with Gasteiger partial charge in [0.2, 0.25) is 5.91 Å². The number of likely N-dealkylation sites (tertiary alicyclic amines) is 1. The van der Waals surface area contributed by atoms with Gasteiger partial charge in [0.25, 0.3) is 11.8 Å². The van der Waals surface area contributed by atoms with Gasteiger partial charge in [-0.3, -0.25) is 14.4 Å². The number of rotatable bonds is 6. The molecule has 1 aliphatic rings. The summed E-state index contributed by atoms with van der Waals surface area (Å²) in [5, 5.41) is 7.63. The van der Waals surface area contributed by atoms with Gasteiger partial charge in [0.05, 0.1) is 17.1 Å². The number of piperidine rings is 1. The van der Waals surface area contributed by atoms with E-state index < -0.39 is 0 Å². The van der Waals surface area contributed by atoms with Crippen LogP contribution in [0.3, 0.4) is 0 Å². The van der Waals surface area contributed by atoms with Gasteiger partial charge in [-0.2, -0.15) is 0 Å². The Kier molecular flexibility index (Phi) is 6.47. The van der Waals surface area contributed by atoms with Crippen LogP contribution in [0.2, 0.25) is 0 Å². The fourth-order valence-corrected chi connectivity index (χ4v) is 4.32. The third-order valence-corrected chi connectivity index (χ3v) is 6.07. The summed E-state index contributed by atoms with van der Waals surface area (Å²) < 4.78 is 5.10. The van der Waals surface area contributed by atoms with Crippen LogP contribution in [0, 0.1) is 5.92 Å². The number of nitrogens with zero attached hydrogens (tertiary/aromatic N) is 1. The SMILES string of the molecule is O=C(Nc1cccc(CNC(=O)C2CCCN(C(=O)c3cccs3)C2)c1)c1ccco1. The van der Waals surface area contributed by atoms with E-state index in [1.165, 1.54) is 17.6 Å². The van der Waals surface area contributed by atoms with E-state index in [9.17, 15) is 14.4 Å². The molecule has 4 rings (SSSR count). The van der Waals surface area contributed by atoms with E-state index >= 15 is 0 Å². The number of furan rings is 1. The minimum Gasteiger partial charge on any atom is -0.459 e. The van der Waals surface area contributed by atoms with Crippen molar-refractivity contribution in [1.82, 2.24) is 10.2 Å². The molecule has 2 N–H and O–H groups in total. The monoisotopic (exact) mass is 437 g/mol. The predicted molar refractivity (Wildman–Crippen MR) is 118 cm³/mol. The van der Waals surface area contributed by atoms with Crippen LogP contribution in [0.15, 0.2) is 64.6 Å². The summed E-state index contributed by atoms with van der Waals surface area (Å²) >= 11 is 1.42. The van der Waals surface area contributed by atoms with Crippen molar-refractivity contribution in [3.8, 4) is 0 Å². The molecule has 0 radical (unpaired) electrons. The number of thiophene rings is 1. The number of carbonyl (C=O) groups is 3. The lowest BCUT2D eigenvalue weighted by Gasteiger charge is -2.31. The molecule has 1 saturated heterocycles. The van der Waals surface area contributed by atoms with E-state index in [1.807, 2.05) is 35.7 Å². The number of hydrogen-bond acceptors (Lipinski definition) is 5. The minimum absolute atomic E-state index is 0.00694. The van der Waals surface area contributed by atoms with Crippen molar-refractivity contribution in [2.24, 2.45) is 5.92 Å². The summed E-state index contributed by atoms with van der Waals surface area (Å²) in [6, 6.07) is 14.2. The number of nitrogens with one attached hydrogen (secondary N) is 2. The topological polar surface area (TPSA) is 91.7 Å². The molecule has 31 heavy (non-hydrogen) atoms. The average molecular weight is 438 g/mol. The van der Waals surface area contributed by atoms with Gasteiger partial charge in [-0.05, 0) is 54.1 Å². The summed E-state index contributed by atoms with van der Waals surface area (Å²) in [6.45, 7) is 1.46. The van der Waals surface area contributed by atoms with Gasteiger partial charge >= 0.3 is 0 Å². The standard InChI is InChI=1S/C23H23N3O4S/c27-21(17-6-2-10-26(15-17)23(29)20-9-4-12-31-20)24-14-16-5-1-7-18(13-16)25-22(28)19-8-3-11-30-19/h1,3-5,7-9,11-13,17H,2,6,10,14-15H2,(H,24,27)(H,25,28). The van der Waals surface area contributed by atoms with Crippen molar-refractivity contribution in [2.45, 2.75) is 19.4 Å². The molecule has 8 heteroatoms. The van der Waals surface area contributed by atoms with Crippen LogP contribution in [0.25, 0.3) is 0 Å². The maximum absolute atomic E-state index is 12.7. The fraction of sp³-hybridized carbons (Fsp3) is 0.261. The molecule has 1 aliphatic heterocycles. The average Bonchev–Trinajstić information content (AvgIpc) is 3.52. The molecule has 3 heterocycles. The zero-order valence-electron chi connectivity index (χ0n) is 16.9. The maximum atomic E-state index is 12.7. The normalized spacial score (nSPS) is 16.0. The zero-order chi connectivity index (χ0) is 21.6. The van der Waals surface area contributed by atoms with Crippen LogP contribution in [-0.4, -0.2) is 35.7 Å². The molecule has 0 saturated carbocycles. The summed E-state index contributed by atoms with van der Waals surface area (Å²) in [5.41, 5.74) is 1.49. The van der Waals surface area contributed by atoms with Crippen molar-refractivity contribution >= 4 is 34.7 Å². The van der Waals surface area contributed by atoms with Crippen molar-refractivity contribution in [2.75, 3.05) is 18.4 Å². The molecule has 3 amide bonds. The first kappa shape index (κ1) is 20.9. The molecule has 3 aromatic rings. The largest absolute Gasteiger partial charge is 0.459 e.